The molecule has 0 fully saturated rings. The molecule has 0 bridgehead atoms. The summed E-state index contributed by atoms with van der Waals surface area (Å²) in [5.74, 6) is 0. The zero-order valence-corrected chi connectivity index (χ0v) is 11.2. The van der Waals surface area contributed by atoms with Gasteiger partial charge in [-0.1, -0.05) is 29.8 Å². The number of rotatable bonds is 5. The van der Waals surface area contributed by atoms with Gasteiger partial charge in [-0.05, 0) is 24.6 Å². The molecular weight excluding hydrogens is 246 g/mol. The quantitative estimate of drug-likeness (QED) is 0.810. The van der Waals surface area contributed by atoms with Crippen LogP contribution < -0.4 is 5.23 Å². The highest BCUT2D eigenvalue weighted by atomic mass is 32.1. The molecule has 2 N–H and O–H groups in total. The highest BCUT2D eigenvalue weighted by Crippen LogP contribution is 2.20. The molecule has 4 heteroatoms. The molecule has 0 saturated carbocycles. The minimum Gasteiger partial charge on any atom is -0.600 e. The van der Waals surface area contributed by atoms with Gasteiger partial charge in [0.2, 0.25) is 0 Å². The number of nitrogens with one attached hydrogen (secondary N) is 1. The van der Waals surface area contributed by atoms with Crippen molar-refractivity contribution in [2.24, 2.45) is 0 Å². The van der Waals surface area contributed by atoms with Crippen LogP contribution in [0.1, 0.15) is 20.9 Å². The van der Waals surface area contributed by atoms with Gasteiger partial charge < -0.3 is 5.21 Å². The Balaban J connectivity index is 1.95. The van der Waals surface area contributed by atoms with E-state index >= 15 is 0 Å². The summed E-state index contributed by atoms with van der Waals surface area (Å²) in [5.41, 5.74) is 2.57. The van der Waals surface area contributed by atoms with Crippen LogP contribution in [0.5, 0.6) is 0 Å². The lowest BCUT2D eigenvalue weighted by Gasteiger charge is -2.10. The van der Waals surface area contributed by atoms with Crippen molar-refractivity contribution in [3.8, 4) is 0 Å². The van der Waals surface area contributed by atoms with Gasteiger partial charge >= 0.3 is 0 Å². The Kier molecular flexibility index (Phi) is 4.49. The zero-order chi connectivity index (χ0) is 13.0. The first-order chi connectivity index (χ1) is 8.63. The Morgan fingerprint density at radius 1 is 1.11 bits per heavy atom. The van der Waals surface area contributed by atoms with Gasteiger partial charge in [0, 0.05) is 22.6 Å². The van der Waals surface area contributed by atoms with E-state index in [0.717, 1.165) is 11.3 Å². The minimum absolute atomic E-state index is 0.213. The van der Waals surface area contributed by atoms with Crippen LogP contribution in [0.3, 0.4) is 0 Å². The highest BCUT2D eigenvalue weighted by Gasteiger charge is 2.03. The number of thiophene rings is 1. The van der Waals surface area contributed by atoms with E-state index in [-0.39, 0.29) is 6.54 Å². The van der Waals surface area contributed by atoms with Crippen LogP contribution in [0.25, 0.3) is 0 Å². The first kappa shape index (κ1) is 13.2. The second-order valence-electron chi connectivity index (χ2n) is 4.42. The third kappa shape index (κ3) is 3.92. The maximum Gasteiger partial charge on any atom is 0.111 e. The van der Waals surface area contributed by atoms with Crippen molar-refractivity contribution >= 4 is 11.3 Å². The van der Waals surface area contributed by atoms with E-state index in [0.29, 0.717) is 6.42 Å². The number of hydrogen-bond donors (Lipinski definition) is 2. The summed E-state index contributed by atoms with van der Waals surface area (Å²) >= 11 is 1.71. The van der Waals surface area contributed by atoms with E-state index in [1.54, 1.807) is 11.3 Å². The summed E-state index contributed by atoms with van der Waals surface area (Å²) in [4.78, 5) is 2.44. The molecule has 1 unspecified atom stereocenters. The Labute approximate surface area is 111 Å². The largest absolute Gasteiger partial charge is 0.600 e. The highest BCUT2D eigenvalue weighted by molar-refractivity contribution is 7.12. The summed E-state index contributed by atoms with van der Waals surface area (Å²) in [6, 6.07) is 12.7. The maximum atomic E-state index is 10.5. The third-order valence-corrected chi connectivity index (χ3v) is 3.95. The van der Waals surface area contributed by atoms with Gasteiger partial charge in [0.25, 0.3) is 0 Å². The van der Waals surface area contributed by atoms with Gasteiger partial charge in [0.15, 0.2) is 0 Å². The molecule has 1 aromatic heterocycles. The van der Waals surface area contributed by atoms with E-state index < -0.39 is 5.23 Å². The summed E-state index contributed by atoms with van der Waals surface area (Å²) < 4.78 is 0. The van der Waals surface area contributed by atoms with Gasteiger partial charge in [-0.2, -0.15) is 0 Å². The fraction of sp³-hybridized carbons (Fsp3) is 0.286. The second kappa shape index (κ2) is 6.11. The topological polar surface area (TPSA) is 47.7 Å². The summed E-state index contributed by atoms with van der Waals surface area (Å²) in [5, 5.41) is 18.4. The van der Waals surface area contributed by atoms with Crippen LogP contribution >= 0.6 is 11.3 Å². The summed E-state index contributed by atoms with van der Waals surface area (Å²) in [7, 11) is 0. The van der Waals surface area contributed by atoms with Crippen molar-refractivity contribution in [1.29, 1.82) is 0 Å². The van der Waals surface area contributed by atoms with Gasteiger partial charge in [-0.25, -0.2) is 10.4 Å². The normalized spacial score (nSPS) is 12.6. The van der Waals surface area contributed by atoms with E-state index in [1.807, 2.05) is 6.07 Å². The lowest BCUT2D eigenvalue weighted by molar-refractivity contribution is -1.05. The first-order valence-corrected chi connectivity index (χ1v) is 6.80. The maximum absolute atomic E-state index is 10.5. The fourth-order valence-electron chi connectivity index (χ4n) is 1.79. The standard InChI is InChI=1S/C14H17NO2S/c1-11-2-4-12(5-3-11)10-14-7-6-13(18-14)8-9-15(16)17/h2-7,15-16H,8-10H2,1H3. The zero-order valence-electron chi connectivity index (χ0n) is 10.3. The van der Waals surface area contributed by atoms with E-state index in [2.05, 4.69) is 37.3 Å². The Hall–Kier alpha value is -1.20. The molecule has 96 valence electrons. The van der Waals surface area contributed by atoms with E-state index in [1.165, 1.54) is 16.0 Å². The molecule has 1 aromatic carbocycles. The molecule has 1 atom stereocenters. The Bertz CT molecular complexity index is 491. The van der Waals surface area contributed by atoms with Crippen LogP contribution in [0.4, 0.5) is 0 Å². The smallest absolute Gasteiger partial charge is 0.111 e. The molecule has 0 aliphatic carbocycles. The van der Waals surface area contributed by atoms with Crippen molar-refractivity contribution in [1.82, 2.24) is 0 Å². The SMILES string of the molecule is Cc1ccc(Cc2ccc(CC[NH+]([O-])O)s2)cc1. The second-order valence-corrected chi connectivity index (χ2v) is 5.68. The number of hydrogen-bond acceptors (Lipinski definition) is 3. The lowest BCUT2D eigenvalue weighted by atomic mass is 10.1. The van der Waals surface area contributed by atoms with Gasteiger partial charge in [0.05, 0.1) is 0 Å². The molecule has 0 amide bonds. The number of benzene rings is 1. The molecule has 2 rings (SSSR count). The van der Waals surface area contributed by atoms with Crippen molar-refractivity contribution in [3.05, 3.63) is 62.5 Å². The van der Waals surface area contributed by atoms with Crippen molar-refractivity contribution < 1.29 is 10.4 Å². The molecule has 0 aliphatic rings. The molecule has 1 heterocycles. The fourth-order valence-corrected chi connectivity index (χ4v) is 2.84. The average Bonchev–Trinajstić information content (AvgIpc) is 2.77. The minimum atomic E-state index is -0.733. The molecule has 3 nitrogen and oxygen atoms in total. The number of hydroxylamine groups is 2. The lowest BCUT2D eigenvalue weighted by Crippen LogP contribution is -3.04. The Morgan fingerprint density at radius 2 is 1.78 bits per heavy atom. The predicted octanol–water partition coefficient (Wildman–Crippen LogP) is 1.96. The van der Waals surface area contributed by atoms with Crippen molar-refractivity contribution in [3.63, 3.8) is 0 Å². The first-order valence-electron chi connectivity index (χ1n) is 5.98. The number of aryl methyl sites for hydroxylation is 1. The van der Waals surface area contributed by atoms with Crippen LogP contribution in [0.15, 0.2) is 36.4 Å². The molecule has 0 spiro atoms. The predicted molar refractivity (Wildman–Crippen MR) is 73.0 cm³/mol. The van der Waals surface area contributed by atoms with Gasteiger partial charge in [-0.15, -0.1) is 11.3 Å². The van der Waals surface area contributed by atoms with Crippen LogP contribution in [-0.4, -0.2) is 11.8 Å². The molecule has 0 radical (unpaired) electrons. The number of quaternary nitrogens is 1. The molecule has 18 heavy (non-hydrogen) atoms. The third-order valence-electron chi connectivity index (χ3n) is 2.80. The monoisotopic (exact) mass is 263 g/mol. The van der Waals surface area contributed by atoms with Crippen molar-refractivity contribution in [2.75, 3.05) is 6.54 Å². The Morgan fingerprint density at radius 3 is 2.44 bits per heavy atom. The van der Waals surface area contributed by atoms with Crippen LogP contribution in [-0.2, 0) is 12.8 Å². The molecule has 0 aliphatic heterocycles. The van der Waals surface area contributed by atoms with Gasteiger partial charge in [0.1, 0.15) is 6.54 Å². The summed E-state index contributed by atoms with van der Waals surface area (Å²) in [6.07, 6.45) is 1.56. The van der Waals surface area contributed by atoms with Crippen LogP contribution in [0, 0.1) is 12.1 Å². The molecule has 0 saturated heterocycles. The van der Waals surface area contributed by atoms with Crippen LogP contribution in [0.2, 0.25) is 0 Å². The van der Waals surface area contributed by atoms with Crippen molar-refractivity contribution in [2.45, 2.75) is 19.8 Å². The van der Waals surface area contributed by atoms with E-state index in [4.69, 9.17) is 5.21 Å². The van der Waals surface area contributed by atoms with E-state index in [9.17, 15) is 5.21 Å². The van der Waals surface area contributed by atoms with Gasteiger partial charge in [-0.3, -0.25) is 0 Å². The summed E-state index contributed by atoms with van der Waals surface area (Å²) in [6.45, 7) is 2.30. The average molecular weight is 263 g/mol. The molecule has 2 aromatic rings. The molecular formula is C14H17NO2S.